The Balaban J connectivity index is 1.47. The number of oxazole rings is 1. The molecule has 0 spiro atoms. The van der Waals surface area contributed by atoms with Gasteiger partial charge in [-0.3, -0.25) is 4.79 Å². The number of aromatic nitrogens is 3. The normalized spacial score (nSPS) is 14.7. The van der Waals surface area contributed by atoms with Crippen LogP contribution in [0.1, 0.15) is 36.0 Å². The Bertz CT molecular complexity index is 853. The van der Waals surface area contributed by atoms with Gasteiger partial charge in [0.15, 0.2) is 5.82 Å². The van der Waals surface area contributed by atoms with E-state index in [1.165, 1.54) is 0 Å². The maximum absolute atomic E-state index is 11.7. The number of hydrogen-bond acceptors (Lipinski definition) is 7. The highest BCUT2D eigenvalue weighted by Gasteiger charge is 2.22. The molecule has 7 nitrogen and oxygen atoms in total. The molecule has 0 atom stereocenters. The lowest BCUT2D eigenvalue weighted by atomic mass is 10.3. The van der Waals surface area contributed by atoms with E-state index in [9.17, 15) is 4.79 Å². The number of carbonyl (C=O) groups excluding carboxylic acids is 1. The zero-order chi connectivity index (χ0) is 16.5. The Morgan fingerprint density at radius 1 is 1.38 bits per heavy atom. The van der Waals surface area contributed by atoms with Crippen LogP contribution < -0.4 is 0 Å². The lowest BCUT2D eigenvalue weighted by molar-refractivity contribution is -0.128. The Labute approximate surface area is 142 Å². The molecular weight excluding hydrogens is 328 g/mol. The highest BCUT2D eigenvalue weighted by Crippen LogP contribution is 2.25. The number of nitrogens with zero attached hydrogens (tertiary/aromatic N) is 4. The maximum atomic E-state index is 11.7. The zero-order valence-corrected chi connectivity index (χ0v) is 14.0. The van der Waals surface area contributed by atoms with Gasteiger partial charge in [0.1, 0.15) is 5.76 Å². The summed E-state index contributed by atoms with van der Waals surface area (Å²) < 4.78 is 11.0. The third-order valence-electron chi connectivity index (χ3n) is 3.99. The highest BCUT2D eigenvalue weighted by atomic mass is 32.1. The van der Waals surface area contributed by atoms with Gasteiger partial charge in [-0.2, -0.15) is 16.3 Å². The predicted octanol–water partition coefficient (Wildman–Crippen LogP) is 2.81. The highest BCUT2D eigenvalue weighted by molar-refractivity contribution is 7.08. The molecule has 0 saturated carbocycles. The van der Waals surface area contributed by atoms with E-state index in [4.69, 9.17) is 8.94 Å². The van der Waals surface area contributed by atoms with E-state index in [1.807, 2.05) is 23.8 Å². The van der Waals surface area contributed by atoms with Gasteiger partial charge in [0.2, 0.25) is 17.7 Å². The van der Waals surface area contributed by atoms with Gasteiger partial charge in [0, 0.05) is 23.9 Å². The van der Waals surface area contributed by atoms with Crippen LogP contribution in [0.5, 0.6) is 0 Å². The molecule has 1 saturated heterocycles. The molecule has 0 radical (unpaired) electrons. The molecule has 4 heterocycles. The number of carbonyl (C=O) groups is 1. The third-order valence-corrected chi connectivity index (χ3v) is 4.68. The summed E-state index contributed by atoms with van der Waals surface area (Å²) in [6.45, 7) is 3.04. The lowest BCUT2D eigenvalue weighted by Gasteiger charge is -2.11. The first-order valence-corrected chi connectivity index (χ1v) is 8.71. The molecule has 0 bridgehead atoms. The summed E-state index contributed by atoms with van der Waals surface area (Å²) in [5.41, 5.74) is 1.75. The molecule has 124 valence electrons. The minimum Gasteiger partial charge on any atom is -0.441 e. The first kappa shape index (κ1) is 15.1. The monoisotopic (exact) mass is 344 g/mol. The van der Waals surface area contributed by atoms with Crippen LogP contribution in [0.3, 0.4) is 0 Å². The minimum absolute atomic E-state index is 0.147. The zero-order valence-electron chi connectivity index (χ0n) is 13.2. The van der Waals surface area contributed by atoms with Crippen LogP contribution in [-0.2, 0) is 17.8 Å². The van der Waals surface area contributed by atoms with E-state index < -0.39 is 0 Å². The molecule has 0 aromatic carbocycles. The number of rotatable bonds is 5. The Morgan fingerprint density at radius 3 is 3.04 bits per heavy atom. The van der Waals surface area contributed by atoms with Crippen LogP contribution in [0.15, 0.2) is 25.8 Å². The van der Waals surface area contributed by atoms with E-state index in [-0.39, 0.29) is 5.91 Å². The van der Waals surface area contributed by atoms with Crippen LogP contribution in [0.4, 0.5) is 0 Å². The van der Waals surface area contributed by atoms with Crippen molar-refractivity contribution < 1.29 is 13.7 Å². The molecule has 1 fully saturated rings. The first-order chi connectivity index (χ1) is 11.7. The average Bonchev–Trinajstić information content (AvgIpc) is 3.32. The number of likely N-dealkylation sites (tertiary alicyclic amines) is 1. The predicted molar refractivity (Wildman–Crippen MR) is 86.3 cm³/mol. The molecule has 24 heavy (non-hydrogen) atoms. The number of hydrogen-bond donors (Lipinski definition) is 0. The first-order valence-electron chi connectivity index (χ1n) is 7.77. The molecule has 1 aliphatic heterocycles. The Hall–Kier alpha value is -2.48. The summed E-state index contributed by atoms with van der Waals surface area (Å²) in [7, 11) is 0. The van der Waals surface area contributed by atoms with Crippen molar-refractivity contribution in [2.75, 3.05) is 6.54 Å². The van der Waals surface area contributed by atoms with Gasteiger partial charge < -0.3 is 13.8 Å². The van der Waals surface area contributed by atoms with Crippen LogP contribution in [0.25, 0.3) is 11.5 Å². The molecule has 3 aromatic rings. The summed E-state index contributed by atoms with van der Waals surface area (Å²) >= 11 is 1.60. The second-order valence-electron chi connectivity index (χ2n) is 5.73. The van der Waals surface area contributed by atoms with Gasteiger partial charge in [-0.25, -0.2) is 4.98 Å². The molecule has 4 rings (SSSR count). The lowest BCUT2D eigenvalue weighted by Crippen LogP contribution is -2.24. The quantitative estimate of drug-likeness (QED) is 0.707. The maximum Gasteiger partial charge on any atom is 0.232 e. The second-order valence-corrected chi connectivity index (χ2v) is 6.51. The van der Waals surface area contributed by atoms with Crippen molar-refractivity contribution in [3.63, 3.8) is 0 Å². The van der Waals surface area contributed by atoms with Crippen molar-refractivity contribution in [3.05, 3.63) is 40.0 Å². The van der Waals surface area contributed by atoms with Crippen LogP contribution in [0.2, 0.25) is 0 Å². The molecule has 0 unspecified atom stereocenters. The van der Waals surface area contributed by atoms with E-state index >= 15 is 0 Å². The molecule has 0 aliphatic carbocycles. The summed E-state index contributed by atoms with van der Waals surface area (Å²) in [5.74, 6) is 2.50. The van der Waals surface area contributed by atoms with Gasteiger partial charge >= 0.3 is 0 Å². The smallest absolute Gasteiger partial charge is 0.232 e. The molecule has 3 aromatic heterocycles. The summed E-state index contributed by atoms with van der Waals surface area (Å²) in [4.78, 5) is 22.3. The number of thiophene rings is 1. The van der Waals surface area contributed by atoms with Crippen molar-refractivity contribution in [1.29, 1.82) is 0 Å². The summed E-state index contributed by atoms with van der Waals surface area (Å²) in [6.07, 6.45) is 1.92. The van der Waals surface area contributed by atoms with Crippen LogP contribution in [0, 0.1) is 6.92 Å². The number of aryl methyl sites for hydroxylation is 1. The third kappa shape index (κ3) is 2.96. The van der Waals surface area contributed by atoms with Crippen molar-refractivity contribution in [1.82, 2.24) is 20.0 Å². The van der Waals surface area contributed by atoms with E-state index in [0.29, 0.717) is 37.0 Å². The largest absolute Gasteiger partial charge is 0.441 e. The standard InChI is InChI=1S/C16H16N4O3S/c1-10-12(17-16(22-10)11-4-6-24-9-11)7-14-18-13(19-23-14)8-20-5-2-3-15(20)21/h4,6,9H,2-3,5,7-8H2,1H3. The van der Waals surface area contributed by atoms with Gasteiger partial charge in [-0.1, -0.05) is 5.16 Å². The average molecular weight is 344 g/mol. The van der Waals surface area contributed by atoms with Gasteiger partial charge in [0.05, 0.1) is 18.7 Å². The van der Waals surface area contributed by atoms with Crippen LogP contribution in [-0.4, -0.2) is 32.5 Å². The van der Waals surface area contributed by atoms with Crippen molar-refractivity contribution >= 4 is 17.2 Å². The summed E-state index contributed by atoms with van der Waals surface area (Å²) in [6, 6.07) is 1.97. The van der Waals surface area contributed by atoms with Crippen molar-refractivity contribution in [2.24, 2.45) is 0 Å². The second kappa shape index (κ2) is 6.20. The van der Waals surface area contributed by atoms with Gasteiger partial charge in [-0.05, 0) is 24.8 Å². The van der Waals surface area contributed by atoms with Crippen molar-refractivity contribution in [3.8, 4) is 11.5 Å². The number of amides is 1. The van der Waals surface area contributed by atoms with Gasteiger partial charge in [-0.15, -0.1) is 0 Å². The summed E-state index contributed by atoms with van der Waals surface area (Å²) in [5, 5.41) is 7.94. The molecule has 8 heteroatoms. The molecule has 1 amide bonds. The van der Waals surface area contributed by atoms with E-state index in [0.717, 1.165) is 30.0 Å². The fourth-order valence-corrected chi connectivity index (χ4v) is 3.34. The minimum atomic E-state index is 0.147. The Kier molecular flexibility index (Phi) is 3.89. The molecule has 1 aliphatic rings. The van der Waals surface area contributed by atoms with Crippen LogP contribution >= 0.6 is 11.3 Å². The fourth-order valence-electron chi connectivity index (χ4n) is 2.71. The van der Waals surface area contributed by atoms with E-state index in [2.05, 4.69) is 15.1 Å². The topological polar surface area (TPSA) is 85.3 Å². The molecule has 0 N–H and O–H groups in total. The van der Waals surface area contributed by atoms with Gasteiger partial charge in [0.25, 0.3) is 0 Å². The van der Waals surface area contributed by atoms with E-state index in [1.54, 1.807) is 16.2 Å². The van der Waals surface area contributed by atoms with Crippen molar-refractivity contribution in [2.45, 2.75) is 32.7 Å². The fraction of sp³-hybridized carbons (Fsp3) is 0.375. The Morgan fingerprint density at radius 2 is 2.29 bits per heavy atom. The SMILES string of the molecule is Cc1oc(-c2ccsc2)nc1Cc1nc(CN2CCCC2=O)no1. The molecular formula is C16H16N4O3S.